The third-order valence-corrected chi connectivity index (χ3v) is 3.31. The molecule has 0 amide bonds. The second-order valence-corrected chi connectivity index (χ2v) is 4.65. The predicted octanol–water partition coefficient (Wildman–Crippen LogP) is 3.11. The summed E-state index contributed by atoms with van der Waals surface area (Å²) in [6.45, 7) is 0.698. The number of benzene rings is 2. The summed E-state index contributed by atoms with van der Waals surface area (Å²) < 4.78 is 0. The first-order chi connectivity index (χ1) is 8.34. The quantitative estimate of drug-likeness (QED) is 0.631. The highest BCUT2D eigenvalue weighted by molar-refractivity contribution is 5.87. The van der Waals surface area contributed by atoms with Gasteiger partial charge >= 0.3 is 0 Å². The number of aliphatic imine (C=N–C) groups is 1. The van der Waals surface area contributed by atoms with Crippen molar-refractivity contribution in [3.63, 3.8) is 0 Å². The SMILES string of the molecule is NC(=NCc1cccc2ccccc12)C1CC1. The average molecular weight is 224 g/mol. The molecule has 2 heteroatoms. The summed E-state index contributed by atoms with van der Waals surface area (Å²) in [7, 11) is 0. The van der Waals surface area contributed by atoms with Crippen LogP contribution in [0.2, 0.25) is 0 Å². The Labute approximate surface area is 101 Å². The lowest BCUT2D eigenvalue weighted by molar-refractivity contribution is 1.03. The van der Waals surface area contributed by atoms with E-state index in [1.54, 1.807) is 0 Å². The molecule has 17 heavy (non-hydrogen) atoms. The van der Waals surface area contributed by atoms with Crippen LogP contribution in [0.15, 0.2) is 47.5 Å². The monoisotopic (exact) mass is 224 g/mol. The summed E-state index contributed by atoms with van der Waals surface area (Å²) in [5.41, 5.74) is 7.18. The molecule has 0 radical (unpaired) electrons. The van der Waals surface area contributed by atoms with Crippen molar-refractivity contribution in [1.29, 1.82) is 0 Å². The molecule has 2 N–H and O–H groups in total. The highest BCUT2D eigenvalue weighted by Crippen LogP contribution is 2.29. The van der Waals surface area contributed by atoms with E-state index in [0.717, 1.165) is 5.84 Å². The zero-order valence-corrected chi connectivity index (χ0v) is 9.76. The van der Waals surface area contributed by atoms with Crippen molar-refractivity contribution in [2.24, 2.45) is 16.6 Å². The van der Waals surface area contributed by atoms with E-state index < -0.39 is 0 Å². The fraction of sp³-hybridized carbons (Fsp3) is 0.267. The second-order valence-electron chi connectivity index (χ2n) is 4.65. The standard InChI is InChI=1S/C15H16N2/c16-15(12-8-9-12)17-10-13-6-3-5-11-4-1-2-7-14(11)13/h1-7,12H,8-10H2,(H2,16,17). The Hall–Kier alpha value is -1.83. The summed E-state index contributed by atoms with van der Waals surface area (Å²) in [5, 5.41) is 2.55. The van der Waals surface area contributed by atoms with Crippen LogP contribution in [0.3, 0.4) is 0 Å². The third kappa shape index (κ3) is 2.16. The molecule has 0 aromatic heterocycles. The molecule has 0 spiro atoms. The van der Waals surface area contributed by atoms with Gasteiger partial charge in [-0.25, -0.2) is 0 Å². The minimum atomic E-state index is 0.560. The van der Waals surface area contributed by atoms with Gasteiger partial charge in [0, 0.05) is 5.92 Å². The van der Waals surface area contributed by atoms with Crippen LogP contribution in [0.5, 0.6) is 0 Å². The maximum absolute atomic E-state index is 5.92. The molecule has 1 saturated carbocycles. The summed E-state index contributed by atoms with van der Waals surface area (Å²) in [4.78, 5) is 4.50. The number of rotatable bonds is 3. The van der Waals surface area contributed by atoms with Crippen LogP contribution >= 0.6 is 0 Å². The van der Waals surface area contributed by atoms with E-state index in [2.05, 4.69) is 47.5 Å². The Kier molecular flexibility index (Phi) is 2.56. The highest BCUT2D eigenvalue weighted by Gasteiger charge is 2.25. The normalized spacial score (nSPS) is 16.4. The minimum Gasteiger partial charge on any atom is -0.387 e. The fourth-order valence-corrected chi connectivity index (χ4v) is 2.12. The molecule has 3 rings (SSSR count). The molecule has 2 aromatic rings. The molecule has 2 nitrogen and oxygen atoms in total. The highest BCUT2D eigenvalue weighted by atomic mass is 14.9. The van der Waals surface area contributed by atoms with E-state index in [0.29, 0.717) is 12.5 Å². The molecule has 86 valence electrons. The van der Waals surface area contributed by atoms with Crippen LogP contribution in [0.4, 0.5) is 0 Å². The van der Waals surface area contributed by atoms with Gasteiger partial charge in [-0.1, -0.05) is 42.5 Å². The van der Waals surface area contributed by atoms with E-state index in [-0.39, 0.29) is 0 Å². The molecular formula is C15H16N2. The molecule has 1 aliphatic carbocycles. The molecular weight excluding hydrogens is 208 g/mol. The molecule has 0 aliphatic heterocycles. The first-order valence-corrected chi connectivity index (χ1v) is 6.11. The number of fused-ring (bicyclic) bond motifs is 1. The Balaban J connectivity index is 1.92. The Bertz CT molecular complexity index is 563. The van der Waals surface area contributed by atoms with Crippen molar-refractivity contribution in [2.45, 2.75) is 19.4 Å². The molecule has 0 saturated heterocycles. The van der Waals surface area contributed by atoms with Gasteiger partial charge in [-0.2, -0.15) is 0 Å². The molecule has 1 aliphatic rings. The Morgan fingerprint density at radius 2 is 1.88 bits per heavy atom. The molecule has 0 atom stereocenters. The van der Waals surface area contributed by atoms with Crippen LogP contribution < -0.4 is 5.73 Å². The van der Waals surface area contributed by atoms with Gasteiger partial charge in [-0.3, -0.25) is 4.99 Å². The lowest BCUT2D eigenvalue weighted by Gasteiger charge is -2.04. The number of amidine groups is 1. The number of hydrogen-bond acceptors (Lipinski definition) is 1. The zero-order valence-electron chi connectivity index (χ0n) is 9.76. The number of nitrogens with zero attached hydrogens (tertiary/aromatic N) is 1. The summed E-state index contributed by atoms with van der Waals surface area (Å²) in [6, 6.07) is 14.8. The largest absolute Gasteiger partial charge is 0.387 e. The van der Waals surface area contributed by atoms with Gasteiger partial charge in [-0.15, -0.1) is 0 Å². The van der Waals surface area contributed by atoms with E-state index >= 15 is 0 Å². The van der Waals surface area contributed by atoms with Gasteiger partial charge < -0.3 is 5.73 Å². The van der Waals surface area contributed by atoms with Gasteiger partial charge in [0.2, 0.25) is 0 Å². The maximum atomic E-state index is 5.92. The van der Waals surface area contributed by atoms with Crippen molar-refractivity contribution in [1.82, 2.24) is 0 Å². The van der Waals surface area contributed by atoms with Crippen molar-refractivity contribution in [3.05, 3.63) is 48.0 Å². The summed E-state index contributed by atoms with van der Waals surface area (Å²) in [5.74, 6) is 1.39. The third-order valence-electron chi connectivity index (χ3n) is 3.31. The predicted molar refractivity (Wildman–Crippen MR) is 72.0 cm³/mol. The van der Waals surface area contributed by atoms with Crippen LogP contribution in [-0.4, -0.2) is 5.84 Å². The summed E-state index contributed by atoms with van der Waals surface area (Å²) in [6.07, 6.45) is 2.43. The van der Waals surface area contributed by atoms with Gasteiger partial charge in [-0.05, 0) is 29.2 Å². The van der Waals surface area contributed by atoms with Crippen LogP contribution in [0.1, 0.15) is 18.4 Å². The average Bonchev–Trinajstić information content (AvgIpc) is 3.20. The molecule has 2 aromatic carbocycles. The second kappa shape index (κ2) is 4.21. The van der Waals surface area contributed by atoms with Crippen LogP contribution in [0.25, 0.3) is 10.8 Å². The van der Waals surface area contributed by atoms with Crippen molar-refractivity contribution < 1.29 is 0 Å². The van der Waals surface area contributed by atoms with Gasteiger partial charge in [0.1, 0.15) is 0 Å². The lowest BCUT2D eigenvalue weighted by Crippen LogP contribution is -2.14. The minimum absolute atomic E-state index is 0.560. The fourth-order valence-electron chi connectivity index (χ4n) is 2.12. The van der Waals surface area contributed by atoms with Gasteiger partial charge in [0.15, 0.2) is 0 Å². The molecule has 0 bridgehead atoms. The number of hydrogen-bond donors (Lipinski definition) is 1. The van der Waals surface area contributed by atoms with Crippen molar-refractivity contribution in [2.75, 3.05) is 0 Å². The number of nitrogens with two attached hydrogens (primary N) is 1. The molecule has 0 heterocycles. The van der Waals surface area contributed by atoms with Gasteiger partial charge in [0.25, 0.3) is 0 Å². The van der Waals surface area contributed by atoms with Crippen molar-refractivity contribution >= 4 is 16.6 Å². The van der Waals surface area contributed by atoms with E-state index in [9.17, 15) is 0 Å². The lowest BCUT2D eigenvalue weighted by atomic mass is 10.0. The first kappa shape index (κ1) is 10.3. The maximum Gasteiger partial charge on any atom is 0.0972 e. The Morgan fingerprint density at radius 3 is 2.71 bits per heavy atom. The molecule has 0 unspecified atom stereocenters. The van der Waals surface area contributed by atoms with E-state index in [1.807, 2.05) is 0 Å². The van der Waals surface area contributed by atoms with Crippen LogP contribution in [-0.2, 0) is 6.54 Å². The smallest absolute Gasteiger partial charge is 0.0972 e. The van der Waals surface area contributed by atoms with E-state index in [1.165, 1.54) is 29.2 Å². The zero-order chi connectivity index (χ0) is 11.7. The first-order valence-electron chi connectivity index (χ1n) is 6.11. The van der Waals surface area contributed by atoms with Gasteiger partial charge in [0.05, 0.1) is 12.4 Å². The Morgan fingerprint density at radius 1 is 1.12 bits per heavy atom. The molecule has 1 fully saturated rings. The van der Waals surface area contributed by atoms with Crippen LogP contribution in [0, 0.1) is 5.92 Å². The van der Waals surface area contributed by atoms with E-state index in [4.69, 9.17) is 5.73 Å². The van der Waals surface area contributed by atoms with Crippen molar-refractivity contribution in [3.8, 4) is 0 Å². The summed E-state index contributed by atoms with van der Waals surface area (Å²) >= 11 is 0. The topological polar surface area (TPSA) is 38.4 Å².